The van der Waals surface area contributed by atoms with Crippen molar-refractivity contribution in [3.05, 3.63) is 78.1 Å². The minimum Gasteiger partial charge on any atom is -0.482 e. The molecular weight excluding hydrogens is 328 g/mol. The summed E-state index contributed by atoms with van der Waals surface area (Å²) < 4.78 is 7.20. The van der Waals surface area contributed by atoms with Gasteiger partial charge in [-0.15, -0.1) is 0 Å². The number of carbonyl (C=O) groups is 1. The summed E-state index contributed by atoms with van der Waals surface area (Å²) in [5.74, 6) is 0.199. The van der Waals surface area contributed by atoms with E-state index in [1.165, 1.54) is 0 Å². The van der Waals surface area contributed by atoms with E-state index in [0.29, 0.717) is 17.9 Å². The third kappa shape index (κ3) is 4.48. The molecule has 0 aliphatic rings. The van der Waals surface area contributed by atoms with Crippen molar-refractivity contribution in [1.29, 1.82) is 5.26 Å². The number of nitriles is 1. The van der Waals surface area contributed by atoms with E-state index in [9.17, 15) is 4.79 Å². The molecule has 3 aromatic rings. The van der Waals surface area contributed by atoms with Crippen molar-refractivity contribution >= 4 is 5.91 Å². The van der Waals surface area contributed by atoms with Crippen molar-refractivity contribution < 1.29 is 9.53 Å². The fraction of sp³-hybridized carbons (Fsp3) is 0.150. The van der Waals surface area contributed by atoms with Crippen LogP contribution >= 0.6 is 0 Å². The van der Waals surface area contributed by atoms with Crippen LogP contribution < -0.4 is 10.1 Å². The van der Waals surface area contributed by atoms with Gasteiger partial charge in [0.15, 0.2) is 6.61 Å². The molecule has 1 N–H and O–H groups in total. The van der Waals surface area contributed by atoms with Crippen LogP contribution in [0.3, 0.4) is 0 Å². The molecule has 0 saturated carbocycles. The molecule has 0 radical (unpaired) electrons. The highest BCUT2D eigenvalue weighted by Crippen LogP contribution is 2.16. The number of nitrogens with one attached hydrogen (secondary N) is 1. The first-order valence-corrected chi connectivity index (χ1v) is 8.24. The van der Waals surface area contributed by atoms with Crippen molar-refractivity contribution in [3.8, 4) is 17.5 Å². The van der Waals surface area contributed by atoms with E-state index >= 15 is 0 Å². The van der Waals surface area contributed by atoms with Gasteiger partial charge in [0, 0.05) is 18.9 Å². The number of ether oxygens (including phenoxy) is 1. The van der Waals surface area contributed by atoms with E-state index in [1.54, 1.807) is 35.1 Å². The molecule has 0 unspecified atom stereocenters. The smallest absolute Gasteiger partial charge is 0.257 e. The zero-order chi connectivity index (χ0) is 18.2. The molecule has 6 nitrogen and oxygen atoms in total. The van der Waals surface area contributed by atoms with Gasteiger partial charge in [0.1, 0.15) is 11.8 Å². The van der Waals surface area contributed by atoms with Gasteiger partial charge < -0.3 is 10.1 Å². The van der Waals surface area contributed by atoms with Gasteiger partial charge in [0.2, 0.25) is 0 Å². The maximum absolute atomic E-state index is 11.9. The predicted molar refractivity (Wildman–Crippen MR) is 96.9 cm³/mol. The summed E-state index contributed by atoms with van der Waals surface area (Å²) >= 11 is 0. The maximum atomic E-state index is 11.9. The van der Waals surface area contributed by atoms with Crippen LogP contribution in [0.25, 0.3) is 5.69 Å². The van der Waals surface area contributed by atoms with Gasteiger partial charge in [-0.1, -0.05) is 24.3 Å². The van der Waals surface area contributed by atoms with Gasteiger partial charge in [-0.2, -0.15) is 10.4 Å². The molecule has 1 aromatic heterocycles. The summed E-state index contributed by atoms with van der Waals surface area (Å²) in [6, 6.07) is 18.8. The lowest BCUT2D eigenvalue weighted by molar-refractivity contribution is -0.123. The lowest BCUT2D eigenvalue weighted by Crippen LogP contribution is -2.30. The highest BCUT2D eigenvalue weighted by molar-refractivity contribution is 5.77. The van der Waals surface area contributed by atoms with Crippen LogP contribution in [-0.2, 0) is 11.2 Å². The number of aromatic nitrogens is 2. The Balaban J connectivity index is 1.43. The molecule has 3 rings (SSSR count). The Hall–Kier alpha value is -3.59. The lowest BCUT2D eigenvalue weighted by Gasteiger charge is -2.09. The van der Waals surface area contributed by atoms with E-state index in [4.69, 9.17) is 10.00 Å². The second-order valence-electron chi connectivity index (χ2n) is 5.61. The van der Waals surface area contributed by atoms with E-state index in [-0.39, 0.29) is 12.5 Å². The summed E-state index contributed by atoms with van der Waals surface area (Å²) in [6.45, 7) is 0.403. The minimum atomic E-state index is -0.217. The number of amides is 1. The molecule has 0 atom stereocenters. The van der Waals surface area contributed by atoms with Crippen LogP contribution in [0.1, 0.15) is 11.1 Å². The maximum Gasteiger partial charge on any atom is 0.257 e. The Kier molecular flexibility index (Phi) is 5.63. The van der Waals surface area contributed by atoms with Gasteiger partial charge in [0.25, 0.3) is 5.91 Å². The number of hydrogen-bond donors (Lipinski definition) is 1. The molecule has 26 heavy (non-hydrogen) atoms. The normalized spacial score (nSPS) is 10.1. The van der Waals surface area contributed by atoms with Crippen LogP contribution in [0, 0.1) is 11.3 Å². The first-order chi connectivity index (χ1) is 12.8. The monoisotopic (exact) mass is 346 g/mol. The summed E-state index contributed by atoms with van der Waals surface area (Å²) in [5, 5.41) is 16.0. The zero-order valence-electron chi connectivity index (χ0n) is 14.1. The molecule has 0 fully saturated rings. The molecule has 1 amide bonds. The third-order valence-corrected chi connectivity index (χ3v) is 3.81. The first-order valence-electron chi connectivity index (χ1n) is 8.24. The number of para-hydroxylation sites is 1. The van der Waals surface area contributed by atoms with Crippen LogP contribution in [0.15, 0.2) is 67.0 Å². The number of rotatable bonds is 7. The summed E-state index contributed by atoms with van der Waals surface area (Å²) in [4.78, 5) is 11.9. The number of carbonyl (C=O) groups excluding carboxylic acids is 1. The fourth-order valence-electron chi connectivity index (χ4n) is 2.46. The van der Waals surface area contributed by atoms with Gasteiger partial charge in [-0.05, 0) is 42.3 Å². The summed E-state index contributed by atoms with van der Waals surface area (Å²) in [7, 11) is 0. The van der Waals surface area contributed by atoms with E-state index in [0.717, 1.165) is 17.7 Å². The molecule has 0 spiro atoms. The Morgan fingerprint density at radius 2 is 1.96 bits per heavy atom. The summed E-state index contributed by atoms with van der Waals surface area (Å²) in [6.07, 6.45) is 4.35. The fourth-order valence-corrected chi connectivity index (χ4v) is 2.46. The molecule has 2 aromatic carbocycles. The Bertz CT molecular complexity index is 896. The Morgan fingerprint density at radius 1 is 1.15 bits per heavy atom. The lowest BCUT2D eigenvalue weighted by atomic mass is 10.1. The van der Waals surface area contributed by atoms with Gasteiger partial charge >= 0.3 is 0 Å². The molecule has 0 saturated heterocycles. The van der Waals surface area contributed by atoms with Gasteiger partial charge in [-0.25, -0.2) is 4.68 Å². The Morgan fingerprint density at radius 3 is 2.69 bits per heavy atom. The van der Waals surface area contributed by atoms with Crippen LogP contribution in [-0.4, -0.2) is 28.8 Å². The third-order valence-electron chi connectivity index (χ3n) is 3.81. The first kappa shape index (κ1) is 17.2. The van der Waals surface area contributed by atoms with Gasteiger partial charge in [0.05, 0.1) is 11.3 Å². The standard InChI is InChI=1S/C20H18N4O2/c21-14-17-4-1-2-5-19(17)26-15-20(25)22-12-10-16-6-8-18(9-7-16)24-13-3-11-23-24/h1-9,11,13H,10,12,15H2,(H,22,25). The Labute approximate surface area is 151 Å². The van der Waals surface area contributed by atoms with Crippen LogP contribution in [0.5, 0.6) is 5.75 Å². The second kappa shape index (κ2) is 8.49. The number of hydrogen-bond acceptors (Lipinski definition) is 4. The SMILES string of the molecule is N#Cc1ccccc1OCC(=O)NCCc1ccc(-n2cccn2)cc1. The quantitative estimate of drug-likeness (QED) is 0.713. The molecule has 0 bridgehead atoms. The molecule has 0 aliphatic heterocycles. The van der Waals surface area contributed by atoms with Crippen LogP contribution in [0.2, 0.25) is 0 Å². The van der Waals surface area contributed by atoms with Crippen molar-refractivity contribution in [2.45, 2.75) is 6.42 Å². The average molecular weight is 346 g/mol. The minimum absolute atomic E-state index is 0.114. The van der Waals surface area contributed by atoms with Crippen molar-refractivity contribution in [3.63, 3.8) is 0 Å². The largest absolute Gasteiger partial charge is 0.482 e. The molecule has 130 valence electrons. The highest BCUT2D eigenvalue weighted by Gasteiger charge is 2.06. The molecule has 0 aliphatic carbocycles. The number of nitrogens with zero attached hydrogens (tertiary/aromatic N) is 3. The van der Waals surface area contributed by atoms with Crippen molar-refractivity contribution in [1.82, 2.24) is 15.1 Å². The summed E-state index contributed by atoms with van der Waals surface area (Å²) in [5.41, 5.74) is 2.53. The highest BCUT2D eigenvalue weighted by atomic mass is 16.5. The average Bonchev–Trinajstić information content (AvgIpc) is 3.22. The second-order valence-corrected chi connectivity index (χ2v) is 5.61. The van der Waals surface area contributed by atoms with Crippen molar-refractivity contribution in [2.24, 2.45) is 0 Å². The van der Waals surface area contributed by atoms with Crippen molar-refractivity contribution in [2.75, 3.05) is 13.2 Å². The molecule has 1 heterocycles. The number of benzene rings is 2. The molecular formula is C20H18N4O2. The topological polar surface area (TPSA) is 79.9 Å². The van der Waals surface area contributed by atoms with E-state index in [2.05, 4.69) is 10.4 Å². The predicted octanol–water partition coefficient (Wildman–Crippen LogP) is 2.48. The molecule has 6 heteroatoms. The zero-order valence-corrected chi connectivity index (χ0v) is 14.1. The van der Waals surface area contributed by atoms with Gasteiger partial charge in [-0.3, -0.25) is 4.79 Å². The van der Waals surface area contributed by atoms with E-state index in [1.807, 2.05) is 42.6 Å². The van der Waals surface area contributed by atoms with E-state index < -0.39 is 0 Å². The van der Waals surface area contributed by atoms with Crippen LogP contribution in [0.4, 0.5) is 0 Å².